The Hall–Kier alpha value is -1.04. The van der Waals surface area contributed by atoms with E-state index >= 15 is 0 Å². The lowest BCUT2D eigenvalue weighted by Gasteiger charge is -2.07. The van der Waals surface area contributed by atoms with Crippen LogP contribution in [0, 0.1) is 17.4 Å². The first-order valence-corrected chi connectivity index (χ1v) is 3.90. The van der Waals surface area contributed by atoms with Crippen LogP contribution in [0.15, 0.2) is 4.99 Å². The summed E-state index contributed by atoms with van der Waals surface area (Å²) in [7, 11) is 0. The minimum atomic E-state index is 0.588. The lowest BCUT2D eigenvalue weighted by atomic mass is 10.2. The van der Waals surface area contributed by atoms with E-state index in [4.69, 9.17) is 5.26 Å². The highest BCUT2D eigenvalue weighted by Gasteiger charge is 1.96. The molecule has 0 aliphatic rings. The number of hydrogen-bond acceptors (Lipinski definition) is 2. The Morgan fingerprint density at radius 3 is 2.64 bits per heavy atom. The highest BCUT2D eigenvalue weighted by molar-refractivity contribution is 5.82. The largest absolute Gasteiger partial charge is 0.373 e. The summed E-state index contributed by atoms with van der Waals surface area (Å²) in [5.41, 5.74) is 0. The van der Waals surface area contributed by atoms with Crippen molar-refractivity contribution in [2.75, 3.05) is 6.54 Å². The second kappa shape index (κ2) is 5.72. The van der Waals surface area contributed by atoms with Gasteiger partial charge in [-0.3, -0.25) is 0 Å². The Bertz CT molecular complexity index is 165. The van der Waals surface area contributed by atoms with Crippen molar-refractivity contribution in [3.8, 4) is 6.19 Å². The number of amidine groups is 1. The van der Waals surface area contributed by atoms with Crippen molar-refractivity contribution in [2.24, 2.45) is 10.9 Å². The normalized spacial score (nSPS) is 11.4. The molecule has 0 fully saturated rings. The average Bonchev–Trinajstić information content (AvgIpc) is 1.97. The fourth-order valence-corrected chi connectivity index (χ4v) is 0.626. The third kappa shape index (κ3) is 5.41. The summed E-state index contributed by atoms with van der Waals surface area (Å²) in [6.45, 7) is 7.09. The Morgan fingerprint density at radius 1 is 1.64 bits per heavy atom. The van der Waals surface area contributed by atoms with Gasteiger partial charge >= 0.3 is 0 Å². The predicted octanol–water partition coefficient (Wildman–Crippen LogP) is 1.52. The van der Waals surface area contributed by atoms with Crippen LogP contribution < -0.4 is 5.32 Å². The first-order chi connectivity index (χ1) is 5.20. The number of nitrogens with zero attached hydrogens (tertiary/aromatic N) is 2. The van der Waals surface area contributed by atoms with Gasteiger partial charge in [0.05, 0.1) is 0 Å². The van der Waals surface area contributed by atoms with Crippen molar-refractivity contribution in [1.29, 1.82) is 5.26 Å². The van der Waals surface area contributed by atoms with Crippen LogP contribution in [0.5, 0.6) is 0 Å². The minimum absolute atomic E-state index is 0.588. The molecule has 0 aliphatic heterocycles. The van der Waals surface area contributed by atoms with Gasteiger partial charge in [0.1, 0.15) is 5.84 Å². The molecule has 0 amide bonds. The number of rotatable bonds is 3. The molecule has 0 aromatic carbocycles. The molecule has 0 bridgehead atoms. The smallest absolute Gasteiger partial charge is 0.207 e. The zero-order valence-corrected chi connectivity index (χ0v) is 7.39. The summed E-state index contributed by atoms with van der Waals surface area (Å²) in [5, 5.41) is 11.4. The SMILES string of the molecule is CC/C(=N\C#N)NCC(C)C. The predicted molar refractivity (Wildman–Crippen MR) is 46.2 cm³/mol. The number of hydrogen-bond donors (Lipinski definition) is 1. The van der Waals surface area contributed by atoms with Crippen LogP contribution in [0.25, 0.3) is 0 Å². The topological polar surface area (TPSA) is 48.2 Å². The molecule has 0 rings (SSSR count). The van der Waals surface area contributed by atoms with Crippen molar-refractivity contribution >= 4 is 5.84 Å². The van der Waals surface area contributed by atoms with E-state index in [0.29, 0.717) is 5.92 Å². The summed E-state index contributed by atoms with van der Waals surface area (Å²) in [6.07, 6.45) is 2.56. The average molecular weight is 153 g/mol. The fraction of sp³-hybridized carbons (Fsp3) is 0.750. The maximum absolute atomic E-state index is 8.26. The Labute approximate surface area is 68.1 Å². The second-order valence-corrected chi connectivity index (χ2v) is 2.79. The monoisotopic (exact) mass is 153 g/mol. The Balaban J connectivity index is 3.72. The van der Waals surface area contributed by atoms with Crippen molar-refractivity contribution in [3.05, 3.63) is 0 Å². The van der Waals surface area contributed by atoms with Crippen LogP contribution in [0.1, 0.15) is 27.2 Å². The van der Waals surface area contributed by atoms with E-state index in [1.807, 2.05) is 6.92 Å². The van der Waals surface area contributed by atoms with Crippen molar-refractivity contribution in [2.45, 2.75) is 27.2 Å². The van der Waals surface area contributed by atoms with Gasteiger partial charge < -0.3 is 5.32 Å². The zero-order valence-electron chi connectivity index (χ0n) is 7.39. The Kier molecular flexibility index (Phi) is 5.18. The first kappa shape index (κ1) is 9.96. The zero-order chi connectivity index (χ0) is 8.69. The lowest BCUT2D eigenvalue weighted by Crippen LogP contribution is -2.26. The van der Waals surface area contributed by atoms with E-state index < -0.39 is 0 Å². The minimum Gasteiger partial charge on any atom is -0.373 e. The van der Waals surface area contributed by atoms with E-state index in [-0.39, 0.29) is 0 Å². The molecule has 0 saturated heterocycles. The molecular weight excluding hydrogens is 138 g/mol. The number of aliphatic imine (C=N–C) groups is 1. The first-order valence-electron chi connectivity index (χ1n) is 3.90. The fourth-order valence-electron chi connectivity index (χ4n) is 0.626. The molecule has 0 saturated carbocycles. The van der Waals surface area contributed by atoms with Gasteiger partial charge in [-0.15, -0.1) is 0 Å². The van der Waals surface area contributed by atoms with Crippen LogP contribution in [0.3, 0.4) is 0 Å². The van der Waals surface area contributed by atoms with Crippen LogP contribution in [-0.2, 0) is 0 Å². The van der Waals surface area contributed by atoms with Gasteiger partial charge in [-0.1, -0.05) is 20.8 Å². The molecule has 0 radical (unpaired) electrons. The quantitative estimate of drug-likeness (QED) is 0.379. The van der Waals surface area contributed by atoms with Gasteiger partial charge in [0.25, 0.3) is 0 Å². The maximum Gasteiger partial charge on any atom is 0.207 e. The molecule has 0 unspecified atom stereocenters. The summed E-state index contributed by atoms with van der Waals surface area (Å²) in [4.78, 5) is 3.63. The van der Waals surface area contributed by atoms with Crippen LogP contribution >= 0.6 is 0 Å². The molecule has 62 valence electrons. The van der Waals surface area contributed by atoms with E-state index in [0.717, 1.165) is 18.8 Å². The molecule has 3 heteroatoms. The van der Waals surface area contributed by atoms with Crippen LogP contribution in [0.4, 0.5) is 0 Å². The van der Waals surface area contributed by atoms with Gasteiger partial charge in [-0.2, -0.15) is 10.3 Å². The third-order valence-corrected chi connectivity index (χ3v) is 1.23. The highest BCUT2D eigenvalue weighted by Crippen LogP contribution is 1.89. The summed E-state index contributed by atoms with van der Waals surface area (Å²) >= 11 is 0. The molecule has 0 aliphatic carbocycles. The Morgan fingerprint density at radius 2 is 2.27 bits per heavy atom. The molecule has 11 heavy (non-hydrogen) atoms. The van der Waals surface area contributed by atoms with E-state index in [2.05, 4.69) is 24.2 Å². The van der Waals surface area contributed by atoms with Gasteiger partial charge in [0.2, 0.25) is 6.19 Å². The van der Waals surface area contributed by atoms with Crippen molar-refractivity contribution in [3.63, 3.8) is 0 Å². The molecule has 0 heterocycles. The van der Waals surface area contributed by atoms with Gasteiger partial charge in [-0.05, 0) is 5.92 Å². The standard InChI is InChI=1S/C8H15N3/c1-4-8(11-6-9)10-5-7(2)3/h7H,4-5H2,1-3H3,(H,10,11). The molecule has 0 aromatic heterocycles. The van der Waals surface area contributed by atoms with E-state index in [1.54, 1.807) is 6.19 Å². The molecule has 1 N–H and O–H groups in total. The van der Waals surface area contributed by atoms with Crippen molar-refractivity contribution in [1.82, 2.24) is 5.32 Å². The lowest BCUT2D eigenvalue weighted by molar-refractivity contribution is 0.621. The van der Waals surface area contributed by atoms with Gasteiger partial charge in [-0.25, -0.2) is 0 Å². The maximum atomic E-state index is 8.26. The number of nitrogens with one attached hydrogen (secondary N) is 1. The molecule has 0 aromatic rings. The molecule has 3 nitrogen and oxygen atoms in total. The highest BCUT2D eigenvalue weighted by atomic mass is 15.0. The van der Waals surface area contributed by atoms with Crippen LogP contribution in [0.2, 0.25) is 0 Å². The van der Waals surface area contributed by atoms with Crippen LogP contribution in [-0.4, -0.2) is 12.4 Å². The van der Waals surface area contributed by atoms with Gasteiger partial charge in [0.15, 0.2) is 0 Å². The van der Waals surface area contributed by atoms with E-state index in [1.165, 1.54) is 0 Å². The van der Waals surface area contributed by atoms with Gasteiger partial charge in [0, 0.05) is 13.0 Å². The molecular formula is C8H15N3. The third-order valence-electron chi connectivity index (χ3n) is 1.23. The second-order valence-electron chi connectivity index (χ2n) is 2.79. The summed E-state index contributed by atoms with van der Waals surface area (Å²) in [6, 6.07) is 0. The summed E-state index contributed by atoms with van der Waals surface area (Å²) < 4.78 is 0. The van der Waals surface area contributed by atoms with Crippen molar-refractivity contribution < 1.29 is 0 Å². The molecule has 0 atom stereocenters. The molecule has 0 spiro atoms. The summed E-state index contributed by atoms with van der Waals surface area (Å²) in [5.74, 6) is 1.37. The number of nitriles is 1. The van der Waals surface area contributed by atoms with E-state index in [9.17, 15) is 0 Å².